The van der Waals surface area contributed by atoms with Gasteiger partial charge in [0.1, 0.15) is 0 Å². The minimum absolute atomic E-state index is 0.0793. The highest BCUT2D eigenvalue weighted by Crippen LogP contribution is 2.47. The Kier molecular flexibility index (Phi) is 9.67. The van der Waals surface area contributed by atoms with Crippen LogP contribution in [-0.4, -0.2) is 36.3 Å². The van der Waals surface area contributed by atoms with Crippen molar-refractivity contribution in [2.24, 2.45) is 5.92 Å². The van der Waals surface area contributed by atoms with Gasteiger partial charge < -0.3 is 8.97 Å². The second kappa shape index (κ2) is 12.7. The van der Waals surface area contributed by atoms with E-state index in [-0.39, 0.29) is 17.4 Å². The van der Waals surface area contributed by atoms with Crippen molar-refractivity contribution < 1.29 is 19.2 Å². The zero-order valence-electron chi connectivity index (χ0n) is 25.8. The van der Waals surface area contributed by atoms with Crippen LogP contribution in [0.1, 0.15) is 101 Å². The Morgan fingerprint density at radius 1 is 1.02 bits per heavy atom. The predicted molar refractivity (Wildman–Crippen MR) is 171 cm³/mol. The number of nitro groups is 1. The Labute approximate surface area is 254 Å². The minimum Gasteiger partial charge on any atom is -0.469 e. The van der Waals surface area contributed by atoms with Crippen LogP contribution in [0.15, 0.2) is 42.6 Å². The summed E-state index contributed by atoms with van der Waals surface area (Å²) >= 11 is 6.86. The molecule has 1 saturated carbocycles. The number of esters is 1. The van der Waals surface area contributed by atoms with Crippen LogP contribution < -0.4 is 0 Å². The fraction of sp³-hybridized carbons (Fsp3) is 0.515. The first-order valence-electron chi connectivity index (χ1n) is 15.1. The van der Waals surface area contributed by atoms with E-state index in [1.807, 2.05) is 12.1 Å². The Bertz CT molecular complexity index is 1450. The lowest BCUT2D eigenvalue weighted by atomic mass is 9.87. The van der Waals surface area contributed by atoms with Crippen LogP contribution in [0.5, 0.6) is 0 Å². The van der Waals surface area contributed by atoms with Gasteiger partial charge in [0.15, 0.2) is 14.0 Å². The van der Waals surface area contributed by atoms with E-state index in [1.54, 1.807) is 0 Å². The van der Waals surface area contributed by atoms with Crippen molar-refractivity contribution in [1.29, 1.82) is 0 Å². The molecule has 3 aromatic rings. The third-order valence-electron chi connectivity index (χ3n) is 9.61. The molecule has 0 spiro atoms. The van der Waals surface area contributed by atoms with Gasteiger partial charge in [0.2, 0.25) is 0 Å². The van der Waals surface area contributed by atoms with Crippen molar-refractivity contribution in [2.45, 2.75) is 96.2 Å². The third-order valence-corrected chi connectivity index (χ3v) is 16.7. The fourth-order valence-electron chi connectivity index (χ4n) is 7.84. The maximum Gasteiger partial charge on any atom is 0.313 e. The van der Waals surface area contributed by atoms with Gasteiger partial charge >= 0.3 is 5.97 Å². The molecule has 0 amide bonds. The van der Waals surface area contributed by atoms with Crippen molar-refractivity contribution in [1.82, 2.24) is 4.23 Å². The number of hydrogen-bond donors (Lipinski definition) is 0. The lowest BCUT2D eigenvalue weighted by Crippen LogP contribution is -2.51. The molecule has 4 rings (SSSR count). The van der Waals surface area contributed by atoms with Crippen LogP contribution >= 0.6 is 11.6 Å². The van der Waals surface area contributed by atoms with Gasteiger partial charge in [0.05, 0.1) is 23.0 Å². The number of aromatic nitrogens is 1. The van der Waals surface area contributed by atoms with Crippen LogP contribution in [0.4, 0.5) is 5.69 Å². The average Bonchev–Trinajstić information content (AvgIpc) is 3.58. The molecule has 9 heteroatoms. The summed E-state index contributed by atoms with van der Waals surface area (Å²) in [5.41, 5.74) is 3.53. The summed E-state index contributed by atoms with van der Waals surface area (Å²) in [6, 6.07) is 9.32. The predicted octanol–water partition coefficient (Wildman–Crippen LogP) is 9.29. The number of halogens is 1. The number of benzene rings is 2. The topological polar surface area (TPSA) is 91.4 Å². The fourth-order valence-corrected chi connectivity index (χ4v) is 14.7. The first-order valence-corrected chi connectivity index (χ1v) is 17.6. The standard InChI is InChI=1S/C33H43ClN2O5Si/c1-20(2)42(21(3)4,22(5)6)35-19-29(27(33(38)41-7)16-23-10-8-9-11-23)26-17-30(34)28(18-31(26)35)32(37)24-12-14-25(15-13-24)36(39)40/h12-15,17-23,27H,8-11,16H2,1-7H3. The maximum atomic E-state index is 13.8. The summed E-state index contributed by atoms with van der Waals surface area (Å²) in [6.07, 6.45) is 7.51. The number of carbonyl (C=O) groups excluding carboxylic acids is 2. The van der Waals surface area contributed by atoms with E-state index in [0.29, 0.717) is 38.7 Å². The molecule has 1 aliphatic rings. The molecule has 1 aliphatic carbocycles. The van der Waals surface area contributed by atoms with Crippen molar-refractivity contribution in [3.8, 4) is 0 Å². The van der Waals surface area contributed by atoms with Gasteiger partial charge in [-0.05, 0) is 58.8 Å². The number of methoxy groups -OCH3 is 1. The van der Waals surface area contributed by atoms with Crippen LogP contribution in [0.2, 0.25) is 21.6 Å². The second-order valence-electron chi connectivity index (χ2n) is 12.8. The number of nitro benzene ring substituents is 1. The van der Waals surface area contributed by atoms with Crippen molar-refractivity contribution in [2.75, 3.05) is 7.11 Å². The Balaban J connectivity index is 2.00. The van der Waals surface area contributed by atoms with Gasteiger partial charge in [-0.25, -0.2) is 0 Å². The molecule has 1 heterocycles. The zero-order chi connectivity index (χ0) is 30.9. The molecule has 226 valence electrons. The summed E-state index contributed by atoms with van der Waals surface area (Å²) in [5, 5.41) is 12.3. The zero-order valence-corrected chi connectivity index (χ0v) is 27.5. The number of hydrogen-bond acceptors (Lipinski definition) is 5. The van der Waals surface area contributed by atoms with Gasteiger partial charge in [-0.2, -0.15) is 0 Å². The summed E-state index contributed by atoms with van der Waals surface area (Å²) in [7, 11) is -0.871. The largest absolute Gasteiger partial charge is 0.469 e. The molecule has 2 aromatic carbocycles. The van der Waals surface area contributed by atoms with E-state index < -0.39 is 19.1 Å². The molecule has 1 atom stereocenters. The molecular formula is C33H43ClN2O5Si. The normalized spacial score (nSPS) is 15.2. The SMILES string of the molecule is COC(=O)C(CC1CCCC1)c1cn([Si](C(C)C)(C(C)C)C(C)C)c2cc(C(=O)c3ccc([N+](=O)[O-])cc3)c(Cl)cc12. The van der Waals surface area contributed by atoms with E-state index in [2.05, 4.69) is 52.0 Å². The molecule has 42 heavy (non-hydrogen) atoms. The number of ether oxygens (including phenoxy) is 1. The highest BCUT2D eigenvalue weighted by molar-refractivity contribution is 6.82. The van der Waals surface area contributed by atoms with Crippen molar-refractivity contribution in [3.63, 3.8) is 0 Å². The molecule has 0 saturated heterocycles. The number of carbonyl (C=O) groups is 2. The number of nitrogens with zero attached hydrogens (tertiary/aromatic N) is 2. The van der Waals surface area contributed by atoms with Crippen LogP contribution in [0.25, 0.3) is 10.9 Å². The molecule has 1 unspecified atom stereocenters. The van der Waals surface area contributed by atoms with E-state index in [9.17, 15) is 19.7 Å². The van der Waals surface area contributed by atoms with E-state index in [1.165, 1.54) is 44.2 Å². The van der Waals surface area contributed by atoms with Gasteiger partial charge in [-0.1, -0.05) is 78.8 Å². The van der Waals surface area contributed by atoms with E-state index in [0.717, 1.165) is 35.7 Å². The maximum absolute atomic E-state index is 13.8. The number of rotatable bonds is 11. The molecule has 7 nitrogen and oxygen atoms in total. The van der Waals surface area contributed by atoms with Crippen LogP contribution in [0.3, 0.4) is 0 Å². The number of ketones is 1. The van der Waals surface area contributed by atoms with Gasteiger partial charge in [-0.3, -0.25) is 19.7 Å². The van der Waals surface area contributed by atoms with Crippen molar-refractivity contribution >= 4 is 48.2 Å². The second-order valence-corrected chi connectivity index (χ2v) is 18.9. The Morgan fingerprint density at radius 2 is 1.60 bits per heavy atom. The molecule has 1 aromatic heterocycles. The number of fused-ring (bicyclic) bond motifs is 1. The molecule has 0 radical (unpaired) electrons. The molecular weight excluding hydrogens is 568 g/mol. The number of non-ortho nitro benzene ring substituents is 1. The third kappa shape index (κ3) is 5.67. The molecule has 0 aliphatic heterocycles. The highest BCUT2D eigenvalue weighted by atomic mass is 35.5. The van der Waals surface area contributed by atoms with Gasteiger partial charge in [0.25, 0.3) is 5.69 Å². The monoisotopic (exact) mass is 610 g/mol. The average molecular weight is 611 g/mol. The van der Waals surface area contributed by atoms with E-state index >= 15 is 0 Å². The van der Waals surface area contributed by atoms with Gasteiger partial charge in [-0.15, -0.1) is 0 Å². The quantitative estimate of drug-likeness (QED) is 0.0709. The smallest absolute Gasteiger partial charge is 0.313 e. The Hall–Kier alpha value is -2.97. The summed E-state index contributed by atoms with van der Waals surface area (Å²) in [5.74, 6) is -0.498. The molecule has 0 bridgehead atoms. The lowest BCUT2D eigenvalue weighted by Gasteiger charge is -2.44. The van der Waals surface area contributed by atoms with Crippen molar-refractivity contribution in [3.05, 3.63) is 74.4 Å². The Morgan fingerprint density at radius 3 is 2.10 bits per heavy atom. The summed E-state index contributed by atoms with van der Waals surface area (Å²) < 4.78 is 7.80. The minimum atomic E-state index is -2.32. The molecule has 0 N–H and O–H groups in total. The summed E-state index contributed by atoms with van der Waals surface area (Å²) in [6.45, 7) is 13.7. The van der Waals surface area contributed by atoms with E-state index in [4.69, 9.17) is 16.3 Å². The lowest BCUT2D eigenvalue weighted by molar-refractivity contribution is -0.384. The first-order chi connectivity index (χ1) is 19.8. The highest BCUT2D eigenvalue weighted by Gasteiger charge is 2.47. The first kappa shape index (κ1) is 32.0. The van der Waals surface area contributed by atoms with Crippen LogP contribution in [-0.2, 0) is 9.53 Å². The van der Waals surface area contributed by atoms with Crippen LogP contribution in [0, 0.1) is 16.0 Å². The summed E-state index contributed by atoms with van der Waals surface area (Å²) in [4.78, 5) is 37.8. The van der Waals surface area contributed by atoms with Gasteiger partial charge in [0, 0.05) is 40.4 Å². The molecule has 1 fully saturated rings.